The van der Waals surface area contributed by atoms with Gasteiger partial charge < -0.3 is 14.6 Å². The Morgan fingerprint density at radius 3 is 3.41 bits per heavy atom. The second-order valence-electron chi connectivity index (χ2n) is 4.87. The highest BCUT2D eigenvalue weighted by atomic mass is 16.5. The first-order chi connectivity index (χ1) is 8.34. The number of nitrogens with zero attached hydrogens (tertiary/aromatic N) is 1. The first-order valence-corrected chi connectivity index (χ1v) is 6.34. The van der Waals surface area contributed by atoms with Crippen LogP contribution in [0.4, 0.5) is 0 Å². The second kappa shape index (κ2) is 4.59. The van der Waals surface area contributed by atoms with Crippen LogP contribution in [0.3, 0.4) is 0 Å². The normalized spacial score (nSPS) is 27.6. The molecule has 2 fully saturated rings. The summed E-state index contributed by atoms with van der Waals surface area (Å²) in [6.07, 6.45) is 8.77. The van der Waals surface area contributed by atoms with Gasteiger partial charge in [-0.1, -0.05) is 0 Å². The van der Waals surface area contributed by atoms with Gasteiger partial charge in [0.1, 0.15) is 6.54 Å². The highest BCUT2D eigenvalue weighted by Crippen LogP contribution is 2.33. The van der Waals surface area contributed by atoms with Crippen LogP contribution >= 0.6 is 0 Å². The monoisotopic (exact) mass is 231 g/mol. The average molecular weight is 231 g/mol. The van der Waals surface area contributed by atoms with Crippen LogP contribution in [0.25, 0.3) is 0 Å². The predicted molar refractivity (Wildman–Crippen MR) is 67.8 cm³/mol. The number of fused-ring (bicyclic) bond motifs is 1. The largest absolute Gasteiger partial charge is 0.380 e. The molecule has 0 aromatic rings. The van der Waals surface area contributed by atoms with E-state index in [1.165, 1.54) is 17.2 Å². The van der Waals surface area contributed by atoms with Crippen LogP contribution in [0.5, 0.6) is 0 Å². The first-order valence-electron chi connectivity index (χ1n) is 6.34. The van der Waals surface area contributed by atoms with Crippen molar-refractivity contribution in [3.63, 3.8) is 0 Å². The Morgan fingerprint density at radius 2 is 2.59 bits per heavy atom. The number of ether oxygens (including phenoxy) is 1. The van der Waals surface area contributed by atoms with Crippen molar-refractivity contribution in [3.8, 4) is 0 Å². The van der Waals surface area contributed by atoms with Crippen molar-refractivity contribution >= 4 is 6.72 Å². The summed E-state index contributed by atoms with van der Waals surface area (Å²) >= 11 is 0. The molecule has 2 heterocycles. The molecule has 2 saturated heterocycles. The molecule has 3 rings (SSSR count). The van der Waals surface area contributed by atoms with E-state index < -0.39 is 0 Å². The smallest absolute Gasteiger partial charge is 0.121 e. The van der Waals surface area contributed by atoms with Gasteiger partial charge in [-0.2, -0.15) is 11.6 Å². The minimum atomic E-state index is 0.531. The Kier molecular flexibility index (Phi) is 2.95. The summed E-state index contributed by atoms with van der Waals surface area (Å²) in [6.45, 7) is 7.80. The molecule has 1 atom stereocenters. The second-order valence-corrected chi connectivity index (χ2v) is 4.87. The summed E-state index contributed by atoms with van der Waals surface area (Å²) in [4.78, 5) is 0. The maximum Gasteiger partial charge on any atom is 0.121 e. The van der Waals surface area contributed by atoms with Crippen molar-refractivity contribution in [1.29, 1.82) is 0 Å². The molecule has 0 radical (unpaired) electrons. The van der Waals surface area contributed by atoms with Crippen LogP contribution in [-0.2, 0) is 4.74 Å². The van der Waals surface area contributed by atoms with Crippen LogP contribution in [-0.4, -0.2) is 43.6 Å². The number of hydrogen-bond acceptors (Lipinski definition) is 2. The average Bonchev–Trinajstić information content (AvgIpc) is 2.97. The van der Waals surface area contributed by atoms with Gasteiger partial charge in [0.15, 0.2) is 0 Å². The zero-order valence-corrected chi connectivity index (χ0v) is 10.1. The van der Waals surface area contributed by atoms with Crippen LogP contribution in [0.1, 0.15) is 12.8 Å². The fourth-order valence-corrected chi connectivity index (χ4v) is 2.69. The minimum absolute atomic E-state index is 0.531. The standard InChI is InChI=1S/C14H19N2O/c1-16-7-5-13-11(3-2-4-14(13)16)9-15-12-6-8-17-10-12/h2-4,12,15H,1,5-10H2/q-1/t12-/m1/s1. The third-order valence-corrected chi connectivity index (χ3v) is 3.73. The van der Waals surface area contributed by atoms with E-state index in [0.29, 0.717) is 6.04 Å². The molecule has 92 valence electrons. The van der Waals surface area contributed by atoms with Crippen molar-refractivity contribution in [2.75, 3.05) is 26.3 Å². The molecule has 2 aliphatic heterocycles. The molecule has 1 aliphatic carbocycles. The molecule has 3 nitrogen and oxygen atoms in total. The summed E-state index contributed by atoms with van der Waals surface area (Å²) in [6, 6.07) is 1.83. The SMILES string of the molecule is C=[N+]1CCC2=C(CN[C@@H]3CCOC3)[CH-]C=C[C-]21. The minimum Gasteiger partial charge on any atom is -0.380 e. The van der Waals surface area contributed by atoms with Crippen molar-refractivity contribution in [3.05, 3.63) is 35.8 Å². The molecular weight excluding hydrogens is 212 g/mol. The maximum absolute atomic E-state index is 5.37. The Morgan fingerprint density at radius 1 is 1.65 bits per heavy atom. The summed E-state index contributed by atoms with van der Waals surface area (Å²) in [5, 5.41) is 3.58. The van der Waals surface area contributed by atoms with Crippen molar-refractivity contribution in [1.82, 2.24) is 5.32 Å². The molecule has 0 aromatic heterocycles. The fraction of sp³-hybridized carbons (Fsp3) is 0.500. The summed E-state index contributed by atoms with van der Waals surface area (Å²) in [7, 11) is 0. The van der Waals surface area contributed by atoms with Gasteiger partial charge in [-0.15, -0.1) is 0 Å². The third-order valence-electron chi connectivity index (χ3n) is 3.73. The van der Waals surface area contributed by atoms with Crippen molar-refractivity contribution in [2.24, 2.45) is 0 Å². The van der Waals surface area contributed by atoms with E-state index >= 15 is 0 Å². The van der Waals surface area contributed by atoms with Crippen LogP contribution in [0, 0.1) is 12.5 Å². The fourth-order valence-electron chi connectivity index (χ4n) is 2.69. The van der Waals surface area contributed by atoms with Gasteiger partial charge in [-0.3, -0.25) is 0 Å². The highest BCUT2D eigenvalue weighted by Gasteiger charge is 2.21. The van der Waals surface area contributed by atoms with Gasteiger partial charge in [0.25, 0.3) is 0 Å². The number of rotatable bonds is 3. The lowest BCUT2D eigenvalue weighted by atomic mass is 9.93. The lowest BCUT2D eigenvalue weighted by molar-refractivity contribution is -0.475. The van der Waals surface area contributed by atoms with E-state index in [0.717, 1.165) is 39.1 Å². The number of hydrogen-bond donors (Lipinski definition) is 1. The van der Waals surface area contributed by atoms with Crippen LogP contribution < -0.4 is 5.32 Å². The Labute approximate surface area is 103 Å². The predicted octanol–water partition coefficient (Wildman–Crippen LogP) is 1.08. The van der Waals surface area contributed by atoms with E-state index in [-0.39, 0.29) is 0 Å². The highest BCUT2D eigenvalue weighted by molar-refractivity contribution is 5.47. The van der Waals surface area contributed by atoms with E-state index in [1.807, 2.05) is 0 Å². The van der Waals surface area contributed by atoms with Gasteiger partial charge in [0.2, 0.25) is 0 Å². The van der Waals surface area contributed by atoms with Gasteiger partial charge >= 0.3 is 0 Å². The van der Waals surface area contributed by atoms with E-state index in [9.17, 15) is 0 Å². The van der Waals surface area contributed by atoms with E-state index in [1.54, 1.807) is 0 Å². The van der Waals surface area contributed by atoms with Crippen LogP contribution in [0.2, 0.25) is 0 Å². The Hall–Kier alpha value is -1.19. The summed E-state index contributed by atoms with van der Waals surface area (Å²) in [5.41, 5.74) is 2.88. The van der Waals surface area contributed by atoms with Crippen molar-refractivity contribution < 1.29 is 9.31 Å². The lowest BCUT2D eigenvalue weighted by Gasteiger charge is -2.31. The molecule has 3 aliphatic rings. The third kappa shape index (κ3) is 2.13. The summed E-state index contributed by atoms with van der Waals surface area (Å²) in [5.74, 6) is 0. The van der Waals surface area contributed by atoms with Crippen molar-refractivity contribution in [2.45, 2.75) is 18.9 Å². The molecule has 3 heteroatoms. The Bertz CT molecular complexity index is 378. The Balaban J connectivity index is 1.65. The zero-order chi connectivity index (χ0) is 11.7. The molecule has 0 bridgehead atoms. The molecule has 17 heavy (non-hydrogen) atoms. The molecule has 0 saturated carbocycles. The van der Waals surface area contributed by atoms with Gasteiger partial charge in [-0.25, -0.2) is 18.1 Å². The molecule has 0 spiro atoms. The maximum atomic E-state index is 5.37. The van der Waals surface area contributed by atoms with E-state index in [4.69, 9.17) is 4.74 Å². The first kappa shape index (κ1) is 10.9. The molecular formula is C14H19N2O-. The van der Waals surface area contributed by atoms with Gasteiger partial charge in [0.05, 0.1) is 13.3 Å². The molecule has 0 aromatic carbocycles. The number of allylic oxidation sites excluding steroid dienone is 1. The van der Waals surface area contributed by atoms with E-state index in [2.05, 4.69) is 35.2 Å². The molecule has 1 N–H and O–H groups in total. The van der Waals surface area contributed by atoms with Gasteiger partial charge in [-0.05, 0) is 19.4 Å². The van der Waals surface area contributed by atoms with Gasteiger partial charge in [0, 0.05) is 18.7 Å². The quantitative estimate of drug-likeness (QED) is 0.580. The molecule has 0 amide bonds. The summed E-state index contributed by atoms with van der Waals surface area (Å²) < 4.78 is 7.47. The zero-order valence-electron chi connectivity index (χ0n) is 10.1. The van der Waals surface area contributed by atoms with Crippen LogP contribution in [0.15, 0.2) is 23.3 Å². The lowest BCUT2D eigenvalue weighted by Crippen LogP contribution is -2.31. The number of nitrogens with one attached hydrogen (secondary N) is 1. The topological polar surface area (TPSA) is 24.3 Å². The molecule has 0 unspecified atom stereocenters.